The van der Waals surface area contributed by atoms with Gasteiger partial charge in [-0.05, 0) is 43.2 Å². The van der Waals surface area contributed by atoms with Crippen LogP contribution >= 0.6 is 0 Å². The number of ether oxygens (including phenoxy) is 2. The zero-order valence-electron chi connectivity index (χ0n) is 13.0. The van der Waals surface area contributed by atoms with E-state index in [1.54, 1.807) is 13.2 Å². The molecule has 0 spiro atoms. The number of hydrogen-bond acceptors (Lipinski definition) is 3. The Labute approximate surface area is 125 Å². The van der Waals surface area contributed by atoms with Crippen molar-refractivity contribution in [3.8, 4) is 11.5 Å². The second kappa shape index (κ2) is 5.84. The van der Waals surface area contributed by atoms with Gasteiger partial charge in [-0.25, -0.2) is 4.39 Å². The van der Waals surface area contributed by atoms with Crippen molar-refractivity contribution in [2.24, 2.45) is 17.8 Å². The van der Waals surface area contributed by atoms with Crippen molar-refractivity contribution in [1.29, 1.82) is 0 Å². The van der Waals surface area contributed by atoms with Crippen molar-refractivity contribution in [2.75, 3.05) is 20.8 Å². The van der Waals surface area contributed by atoms with Gasteiger partial charge in [0.1, 0.15) is 5.82 Å². The molecule has 2 saturated carbocycles. The first-order valence-electron chi connectivity index (χ1n) is 7.86. The third kappa shape index (κ3) is 2.50. The van der Waals surface area contributed by atoms with E-state index in [-0.39, 0.29) is 11.9 Å². The molecule has 1 aromatic rings. The Morgan fingerprint density at radius 1 is 1.19 bits per heavy atom. The minimum absolute atomic E-state index is 0.0881. The van der Waals surface area contributed by atoms with E-state index in [2.05, 4.69) is 12.2 Å². The van der Waals surface area contributed by atoms with Crippen molar-refractivity contribution in [3.05, 3.63) is 23.5 Å². The highest BCUT2D eigenvalue weighted by atomic mass is 19.1. The molecule has 4 heteroatoms. The lowest BCUT2D eigenvalue weighted by atomic mass is 9.96. The van der Waals surface area contributed by atoms with E-state index in [4.69, 9.17) is 9.47 Å². The molecule has 0 aliphatic heterocycles. The van der Waals surface area contributed by atoms with Crippen LogP contribution in [0, 0.1) is 23.6 Å². The number of benzene rings is 1. The minimum atomic E-state index is -0.205. The smallest absolute Gasteiger partial charge is 0.163 e. The van der Waals surface area contributed by atoms with Gasteiger partial charge in [0, 0.05) is 17.7 Å². The summed E-state index contributed by atoms with van der Waals surface area (Å²) in [6.45, 7) is 2.91. The van der Waals surface area contributed by atoms with Gasteiger partial charge in [-0.1, -0.05) is 13.3 Å². The summed E-state index contributed by atoms with van der Waals surface area (Å²) < 4.78 is 25.0. The standard InChI is InChI=1S/C17H24FNO2/c1-4-19-17(16-10-6-5-7-11(10)16)12-8-14(20-2)15(21-3)9-13(12)18/h8-11,16-17,19H,4-7H2,1-3H3. The number of fused-ring (bicyclic) bond motifs is 1. The lowest BCUT2D eigenvalue weighted by Crippen LogP contribution is -2.25. The fraction of sp³-hybridized carbons (Fsp3) is 0.647. The SMILES string of the molecule is CCNC(c1cc(OC)c(OC)cc1F)C1C2CCCC21. The Hall–Kier alpha value is -1.29. The Bertz CT molecular complexity index is 510. The quantitative estimate of drug-likeness (QED) is 0.870. The van der Waals surface area contributed by atoms with Crippen LogP contribution in [0.4, 0.5) is 4.39 Å². The molecule has 1 aromatic carbocycles. The third-order valence-electron chi connectivity index (χ3n) is 5.12. The third-order valence-corrected chi connectivity index (χ3v) is 5.12. The monoisotopic (exact) mass is 293 g/mol. The van der Waals surface area contributed by atoms with Gasteiger partial charge in [0.15, 0.2) is 11.5 Å². The topological polar surface area (TPSA) is 30.5 Å². The predicted molar refractivity (Wildman–Crippen MR) is 80.2 cm³/mol. The maximum Gasteiger partial charge on any atom is 0.163 e. The molecule has 2 fully saturated rings. The summed E-state index contributed by atoms with van der Waals surface area (Å²) in [5.74, 6) is 2.98. The molecular weight excluding hydrogens is 269 g/mol. The summed E-state index contributed by atoms with van der Waals surface area (Å²) >= 11 is 0. The first-order chi connectivity index (χ1) is 10.2. The maximum absolute atomic E-state index is 14.5. The molecule has 0 bridgehead atoms. The van der Waals surface area contributed by atoms with E-state index in [0.717, 1.165) is 18.4 Å². The van der Waals surface area contributed by atoms with E-state index in [0.29, 0.717) is 23.0 Å². The highest BCUT2D eigenvalue weighted by Crippen LogP contribution is 2.62. The Kier molecular flexibility index (Phi) is 4.07. The fourth-order valence-electron chi connectivity index (χ4n) is 4.15. The largest absolute Gasteiger partial charge is 0.493 e. The fourth-order valence-corrected chi connectivity index (χ4v) is 4.15. The van der Waals surface area contributed by atoms with Crippen molar-refractivity contribution < 1.29 is 13.9 Å². The van der Waals surface area contributed by atoms with Gasteiger partial charge in [0.05, 0.1) is 14.2 Å². The van der Waals surface area contributed by atoms with Crippen LogP contribution in [0.2, 0.25) is 0 Å². The maximum atomic E-state index is 14.5. The highest BCUT2D eigenvalue weighted by Gasteiger charge is 2.56. The van der Waals surface area contributed by atoms with Crippen molar-refractivity contribution in [1.82, 2.24) is 5.32 Å². The normalized spacial score (nSPS) is 28.1. The van der Waals surface area contributed by atoms with Crippen LogP contribution in [-0.2, 0) is 0 Å². The number of methoxy groups -OCH3 is 2. The Morgan fingerprint density at radius 3 is 2.38 bits per heavy atom. The molecular formula is C17H24FNO2. The van der Waals surface area contributed by atoms with Crippen LogP contribution < -0.4 is 14.8 Å². The van der Waals surface area contributed by atoms with Gasteiger partial charge >= 0.3 is 0 Å². The van der Waals surface area contributed by atoms with Gasteiger partial charge in [0.2, 0.25) is 0 Å². The van der Waals surface area contributed by atoms with Crippen LogP contribution in [0.15, 0.2) is 12.1 Å². The zero-order valence-corrected chi connectivity index (χ0v) is 13.0. The summed E-state index contributed by atoms with van der Waals surface area (Å²) in [6.07, 6.45) is 3.93. The first-order valence-corrected chi connectivity index (χ1v) is 7.86. The summed E-state index contributed by atoms with van der Waals surface area (Å²) in [6, 6.07) is 3.33. The van der Waals surface area contributed by atoms with E-state index in [1.165, 1.54) is 32.4 Å². The predicted octanol–water partition coefficient (Wildman–Crippen LogP) is 3.54. The van der Waals surface area contributed by atoms with E-state index >= 15 is 0 Å². The molecule has 0 aromatic heterocycles. The molecule has 0 saturated heterocycles. The summed E-state index contributed by atoms with van der Waals surface area (Å²) in [7, 11) is 3.12. The van der Waals surface area contributed by atoms with Gasteiger partial charge in [-0.2, -0.15) is 0 Å². The molecule has 2 aliphatic rings. The minimum Gasteiger partial charge on any atom is -0.493 e. The highest BCUT2D eigenvalue weighted by molar-refractivity contribution is 5.45. The molecule has 2 aliphatic carbocycles. The summed E-state index contributed by atoms with van der Waals surface area (Å²) in [5.41, 5.74) is 0.717. The summed E-state index contributed by atoms with van der Waals surface area (Å²) in [5, 5.41) is 3.48. The van der Waals surface area contributed by atoms with E-state index in [1.807, 2.05) is 0 Å². The van der Waals surface area contributed by atoms with Crippen LogP contribution in [0.1, 0.15) is 37.8 Å². The lowest BCUT2D eigenvalue weighted by Gasteiger charge is -2.22. The Morgan fingerprint density at radius 2 is 1.81 bits per heavy atom. The van der Waals surface area contributed by atoms with Gasteiger partial charge in [-0.15, -0.1) is 0 Å². The average molecular weight is 293 g/mol. The molecule has 0 amide bonds. The zero-order chi connectivity index (χ0) is 15.0. The van der Waals surface area contributed by atoms with Gasteiger partial charge < -0.3 is 14.8 Å². The van der Waals surface area contributed by atoms with Crippen LogP contribution in [0.3, 0.4) is 0 Å². The molecule has 3 atom stereocenters. The molecule has 0 heterocycles. The molecule has 3 nitrogen and oxygen atoms in total. The molecule has 1 N–H and O–H groups in total. The van der Waals surface area contributed by atoms with Gasteiger partial charge in [0.25, 0.3) is 0 Å². The van der Waals surface area contributed by atoms with Crippen LogP contribution in [-0.4, -0.2) is 20.8 Å². The number of nitrogens with one attached hydrogen (secondary N) is 1. The number of rotatable bonds is 6. The molecule has 116 valence electrons. The second-order valence-electron chi connectivity index (χ2n) is 6.10. The Balaban J connectivity index is 1.92. The van der Waals surface area contributed by atoms with Crippen molar-refractivity contribution >= 4 is 0 Å². The van der Waals surface area contributed by atoms with Gasteiger partial charge in [-0.3, -0.25) is 0 Å². The van der Waals surface area contributed by atoms with Crippen molar-refractivity contribution in [2.45, 2.75) is 32.2 Å². The second-order valence-corrected chi connectivity index (χ2v) is 6.10. The van der Waals surface area contributed by atoms with E-state index < -0.39 is 0 Å². The molecule has 0 radical (unpaired) electrons. The number of halogens is 1. The number of hydrogen-bond donors (Lipinski definition) is 1. The molecule has 3 unspecified atom stereocenters. The molecule has 3 rings (SSSR count). The van der Waals surface area contributed by atoms with Crippen LogP contribution in [0.5, 0.6) is 11.5 Å². The average Bonchev–Trinajstić information content (AvgIpc) is 2.95. The summed E-state index contributed by atoms with van der Waals surface area (Å²) in [4.78, 5) is 0. The first kappa shape index (κ1) is 14.6. The van der Waals surface area contributed by atoms with E-state index in [9.17, 15) is 4.39 Å². The van der Waals surface area contributed by atoms with Crippen LogP contribution in [0.25, 0.3) is 0 Å². The van der Waals surface area contributed by atoms with Crippen molar-refractivity contribution in [3.63, 3.8) is 0 Å². The lowest BCUT2D eigenvalue weighted by molar-refractivity contribution is 0.347. The molecule has 21 heavy (non-hydrogen) atoms.